The fraction of sp³-hybridized carbons (Fsp3) is 0.385. The summed E-state index contributed by atoms with van der Waals surface area (Å²) in [6, 6.07) is 7.74. The summed E-state index contributed by atoms with van der Waals surface area (Å²) in [5.74, 6) is -3.82. The lowest BCUT2D eigenvalue weighted by Gasteiger charge is -2.32. The van der Waals surface area contributed by atoms with Crippen molar-refractivity contribution in [3.63, 3.8) is 0 Å². The van der Waals surface area contributed by atoms with Gasteiger partial charge in [-0.25, -0.2) is 46.9 Å². The molecule has 1 atom stereocenters. The van der Waals surface area contributed by atoms with Crippen LogP contribution < -0.4 is 4.90 Å². The number of carbonyl (C=O) groups is 3. The van der Waals surface area contributed by atoms with Gasteiger partial charge in [-0.15, -0.1) is 5.06 Å². The SMILES string of the molecule is C=C1CCC(=O)N1OC(=O)CCC[N+]1=C(C=C2C(=O)C(C=C3N(CCOCCOCCOC)c4ccc5c(S(=O)(=O)[O-])cc(S(=O)(=O)[O-])cc5c4C3(C)CCCS(=O)(=O)[O-])=C2O)C(C)(C)c2c1ccc1c(S(=O)(=O)[O-])cc(S(=O)(=O)[O-])cc21. The molecule has 0 saturated carbocycles. The average molecular weight is 1250 g/mol. The monoisotopic (exact) mass is 1250 g/mol. The number of amides is 1. The number of hydrogen-bond donors (Lipinski definition) is 1. The molecular formula is C52H53N3O23S5-4. The van der Waals surface area contributed by atoms with Crippen molar-refractivity contribution >= 4 is 107 Å². The third kappa shape index (κ3) is 12.6. The van der Waals surface area contributed by atoms with Gasteiger partial charge in [-0.3, -0.25) is 9.59 Å². The third-order valence-electron chi connectivity index (χ3n) is 14.8. The molecule has 4 aromatic carbocycles. The summed E-state index contributed by atoms with van der Waals surface area (Å²) in [6.07, 6.45) is 1.68. The number of methoxy groups -OCH3 is 1. The molecule has 83 heavy (non-hydrogen) atoms. The van der Waals surface area contributed by atoms with Crippen LogP contribution >= 0.6 is 0 Å². The number of ether oxygens (including phenoxy) is 3. The number of allylic oxidation sites excluding steroid dienone is 6. The van der Waals surface area contributed by atoms with Crippen LogP contribution in [0.2, 0.25) is 0 Å². The number of fused-ring (bicyclic) bond motifs is 6. The number of anilines is 1. The Morgan fingerprint density at radius 2 is 1.29 bits per heavy atom. The maximum absolute atomic E-state index is 14.8. The van der Waals surface area contributed by atoms with Gasteiger partial charge in [-0.1, -0.05) is 12.6 Å². The number of hydroxylamine groups is 2. The molecule has 1 unspecified atom stereocenters. The Balaban J connectivity index is 1.30. The molecule has 1 aliphatic carbocycles. The van der Waals surface area contributed by atoms with Crippen LogP contribution in [0, 0.1) is 0 Å². The molecular weight excluding hydrogens is 1190 g/mol. The molecule has 1 amide bonds. The molecule has 1 saturated heterocycles. The number of nitrogens with zero attached hydrogens (tertiary/aromatic N) is 3. The Hall–Kier alpha value is -6.33. The second-order valence-electron chi connectivity index (χ2n) is 20.5. The van der Waals surface area contributed by atoms with Crippen LogP contribution in [0.15, 0.2) is 115 Å². The molecule has 0 spiro atoms. The molecule has 3 aliphatic heterocycles. The zero-order chi connectivity index (χ0) is 61.2. The highest BCUT2D eigenvalue weighted by molar-refractivity contribution is 7.87. The summed E-state index contributed by atoms with van der Waals surface area (Å²) in [5.41, 5.74) is -2.91. The predicted molar refractivity (Wildman–Crippen MR) is 286 cm³/mol. The number of hydrogen-bond acceptors (Lipinski definition) is 24. The standard InChI is InChI=1S/C52H57N3O23S5/c1-30-9-14-45(56)55(30)78-46(57)8-6-16-53-39-12-10-33-35(24-31(80(63,64)65)26-41(33)82(69,70)71)47(39)51(2,3)43(53)28-37-49(58)38(50(37)59)29-44-52(4,15-7-23-79(60,61)62)48-36-25-32(81(66,67)68)27-42(83(72,73)74)34(36)11-13-40(48)54(44)17-18-76-21-22-77-20-19-75-5/h10-13,24-29H,1,6-9,14-23H2,2-5H3,(H5-,58,59,60,61,62,63,64,65,66,67,68,69,70,71,72,73,74)/p-4. The quantitative estimate of drug-likeness (QED) is 0.0455. The summed E-state index contributed by atoms with van der Waals surface area (Å²) < 4.78 is 205. The van der Waals surface area contributed by atoms with E-state index in [-0.39, 0.29) is 138 Å². The lowest BCUT2D eigenvalue weighted by molar-refractivity contribution is -0.438. The van der Waals surface area contributed by atoms with E-state index in [4.69, 9.17) is 19.0 Å². The van der Waals surface area contributed by atoms with Crippen LogP contribution in [0.4, 0.5) is 11.4 Å². The van der Waals surface area contributed by atoms with Crippen LogP contribution in [0.25, 0.3) is 21.5 Å². The van der Waals surface area contributed by atoms with Crippen molar-refractivity contribution in [2.45, 2.75) is 89.7 Å². The number of benzene rings is 4. The minimum Gasteiger partial charge on any atom is -0.748 e. The van der Waals surface area contributed by atoms with Crippen molar-refractivity contribution in [2.75, 3.05) is 63.9 Å². The van der Waals surface area contributed by atoms with E-state index in [9.17, 15) is 84.3 Å². The van der Waals surface area contributed by atoms with Gasteiger partial charge in [-0.2, -0.15) is 4.58 Å². The van der Waals surface area contributed by atoms with Crippen molar-refractivity contribution in [2.24, 2.45) is 0 Å². The van der Waals surface area contributed by atoms with Gasteiger partial charge in [0.25, 0.3) is 5.91 Å². The van der Waals surface area contributed by atoms with E-state index >= 15 is 0 Å². The summed E-state index contributed by atoms with van der Waals surface area (Å²) in [7, 11) is -25.3. The molecule has 1 N–H and O–H groups in total. The van der Waals surface area contributed by atoms with Crippen LogP contribution in [-0.2, 0) is 94.9 Å². The fourth-order valence-electron chi connectivity index (χ4n) is 11.0. The second-order valence-corrected chi connectivity index (χ2v) is 27.5. The highest BCUT2D eigenvalue weighted by Gasteiger charge is 2.50. The highest BCUT2D eigenvalue weighted by Crippen LogP contribution is 2.55. The minimum absolute atomic E-state index is 0.0242. The number of aliphatic hydroxyl groups is 1. The zero-order valence-corrected chi connectivity index (χ0v) is 48.8. The van der Waals surface area contributed by atoms with Gasteiger partial charge in [0, 0.05) is 72.1 Å². The molecule has 4 aromatic rings. The summed E-state index contributed by atoms with van der Waals surface area (Å²) in [4.78, 5) is 42.8. The minimum atomic E-state index is -5.53. The van der Waals surface area contributed by atoms with Gasteiger partial charge in [0.15, 0.2) is 5.71 Å². The molecule has 26 nitrogen and oxygen atoms in total. The average Bonchev–Trinajstić information content (AvgIpc) is 1.70. The molecule has 3 heterocycles. The predicted octanol–water partition coefficient (Wildman–Crippen LogP) is 3.35. The van der Waals surface area contributed by atoms with Crippen molar-refractivity contribution < 1.29 is 108 Å². The van der Waals surface area contributed by atoms with E-state index in [1.54, 1.807) is 18.4 Å². The first-order valence-electron chi connectivity index (χ1n) is 25.2. The van der Waals surface area contributed by atoms with Crippen LogP contribution in [0.5, 0.6) is 0 Å². The number of rotatable bonds is 24. The van der Waals surface area contributed by atoms with Crippen LogP contribution in [0.1, 0.15) is 70.4 Å². The van der Waals surface area contributed by atoms with E-state index in [2.05, 4.69) is 6.58 Å². The van der Waals surface area contributed by atoms with Gasteiger partial charge in [-0.05, 0) is 104 Å². The summed E-state index contributed by atoms with van der Waals surface area (Å²) in [5, 5.41) is 11.8. The van der Waals surface area contributed by atoms with Gasteiger partial charge in [0.1, 0.15) is 52.8 Å². The summed E-state index contributed by atoms with van der Waals surface area (Å²) in [6.45, 7) is 8.64. The Bertz CT molecular complexity index is 4170. The molecule has 448 valence electrons. The van der Waals surface area contributed by atoms with E-state index in [1.165, 1.54) is 55.4 Å². The van der Waals surface area contributed by atoms with Gasteiger partial charge in [0.2, 0.25) is 11.5 Å². The van der Waals surface area contributed by atoms with Crippen LogP contribution in [-0.4, -0.2) is 162 Å². The van der Waals surface area contributed by atoms with Gasteiger partial charge < -0.3 is 51.8 Å². The lowest BCUT2D eigenvalue weighted by Crippen LogP contribution is -2.34. The number of ketones is 1. The van der Waals surface area contributed by atoms with Crippen molar-refractivity contribution in [3.8, 4) is 0 Å². The zero-order valence-electron chi connectivity index (χ0n) is 44.7. The first kappa shape index (κ1) is 62.7. The Labute approximate surface area is 477 Å². The van der Waals surface area contributed by atoms with Crippen molar-refractivity contribution in [3.05, 3.63) is 107 Å². The van der Waals surface area contributed by atoms with Crippen molar-refractivity contribution in [1.82, 2.24) is 5.06 Å². The van der Waals surface area contributed by atoms with E-state index in [1.807, 2.05) is 0 Å². The molecule has 8 rings (SSSR count). The molecule has 31 heteroatoms. The maximum Gasteiger partial charge on any atom is 0.333 e. The third-order valence-corrected chi connectivity index (χ3v) is 18.9. The smallest absolute Gasteiger partial charge is 0.333 e. The summed E-state index contributed by atoms with van der Waals surface area (Å²) >= 11 is 0. The Morgan fingerprint density at radius 1 is 0.723 bits per heavy atom. The first-order valence-corrected chi connectivity index (χ1v) is 32.4. The molecule has 0 bridgehead atoms. The van der Waals surface area contributed by atoms with E-state index < -0.39 is 122 Å². The van der Waals surface area contributed by atoms with E-state index in [0.717, 1.165) is 17.2 Å². The molecule has 4 aliphatic rings. The topological polar surface area (TPSA) is 404 Å². The first-order chi connectivity index (χ1) is 38.5. The van der Waals surface area contributed by atoms with E-state index in [0.29, 0.717) is 18.7 Å². The second kappa shape index (κ2) is 22.9. The van der Waals surface area contributed by atoms with Crippen LogP contribution in [0.3, 0.4) is 0 Å². The number of carbonyl (C=O) groups excluding carboxylic acids is 3. The molecule has 0 radical (unpaired) electrons. The molecule has 1 fully saturated rings. The number of aliphatic hydroxyl groups excluding tert-OH is 1. The fourth-order valence-corrected chi connectivity index (χ4v) is 14.1. The van der Waals surface area contributed by atoms with Gasteiger partial charge >= 0.3 is 5.97 Å². The highest BCUT2D eigenvalue weighted by atomic mass is 32.2. The Morgan fingerprint density at radius 3 is 1.82 bits per heavy atom. The largest absolute Gasteiger partial charge is 0.748 e. The van der Waals surface area contributed by atoms with Gasteiger partial charge in [0.05, 0.1) is 91.4 Å². The Kier molecular flexibility index (Phi) is 17.3. The number of Topliss-reactive ketones (excluding diaryl/α,β-unsaturated/α-hetero) is 1. The van der Waals surface area contributed by atoms with Crippen molar-refractivity contribution in [1.29, 1.82) is 0 Å². The normalized spacial score (nSPS) is 19.5. The maximum atomic E-state index is 14.8. The lowest BCUT2D eigenvalue weighted by atomic mass is 9.74. The molecule has 0 aromatic heterocycles.